The van der Waals surface area contributed by atoms with Crippen molar-refractivity contribution in [2.24, 2.45) is 5.92 Å². The molecule has 3 heteroatoms. The summed E-state index contributed by atoms with van der Waals surface area (Å²) in [5.74, 6) is -0.270. The summed E-state index contributed by atoms with van der Waals surface area (Å²) in [4.78, 5) is 24.7. The third-order valence-corrected chi connectivity index (χ3v) is 2.86. The molecule has 2 amide bonds. The van der Waals surface area contributed by atoms with E-state index in [9.17, 15) is 9.59 Å². The minimum Gasteiger partial charge on any atom is -0.274 e. The summed E-state index contributed by atoms with van der Waals surface area (Å²) in [6, 6.07) is 9.64. The average molecular weight is 217 g/mol. The van der Waals surface area contributed by atoms with Crippen LogP contribution in [-0.2, 0) is 9.59 Å². The molecule has 1 saturated heterocycles. The first kappa shape index (κ1) is 10.9. The number of hydrogen-bond donors (Lipinski definition) is 0. The van der Waals surface area contributed by atoms with Gasteiger partial charge in [-0.05, 0) is 5.56 Å². The van der Waals surface area contributed by atoms with Crippen molar-refractivity contribution in [2.75, 3.05) is 0 Å². The van der Waals surface area contributed by atoms with E-state index in [1.165, 1.54) is 4.90 Å². The van der Waals surface area contributed by atoms with Crippen LogP contribution in [0.2, 0.25) is 0 Å². The largest absolute Gasteiger partial charge is 0.274 e. The van der Waals surface area contributed by atoms with E-state index in [-0.39, 0.29) is 23.8 Å². The van der Waals surface area contributed by atoms with Crippen LogP contribution in [0.25, 0.3) is 0 Å². The standard InChI is InChI=1S/C13H15NO2/c1-9(2)13(16)14-11(8-12(14)15)10-6-4-3-5-7-10/h3-7,9,11H,8H2,1-2H3/t11-/m1/s1. The molecule has 1 atom stereocenters. The van der Waals surface area contributed by atoms with Crippen LogP contribution in [0.5, 0.6) is 0 Å². The summed E-state index contributed by atoms with van der Waals surface area (Å²) in [6.45, 7) is 3.63. The second kappa shape index (κ2) is 4.08. The highest BCUT2D eigenvalue weighted by Gasteiger charge is 2.41. The van der Waals surface area contributed by atoms with E-state index >= 15 is 0 Å². The van der Waals surface area contributed by atoms with E-state index in [1.54, 1.807) is 0 Å². The molecular formula is C13H15NO2. The lowest BCUT2D eigenvalue weighted by Gasteiger charge is -2.39. The highest BCUT2D eigenvalue weighted by molar-refractivity contribution is 6.01. The Labute approximate surface area is 95.1 Å². The molecule has 3 nitrogen and oxygen atoms in total. The van der Waals surface area contributed by atoms with Gasteiger partial charge >= 0.3 is 0 Å². The molecule has 0 bridgehead atoms. The average Bonchev–Trinajstić information content (AvgIpc) is 2.26. The van der Waals surface area contributed by atoms with Crippen molar-refractivity contribution in [2.45, 2.75) is 26.3 Å². The predicted octanol–water partition coefficient (Wildman–Crippen LogP) is 2.14. The molecule has 1 heterocycles. The van der Waals surface area contributed by atoms with Crippen LogP contribution in [0.4, 0.5) is 0 Å². The molecular weight excluding hydrogens is 202 g/mol. The van der Waals surface area contributed by atoms with Crippen LogP contribution in [-0.4, -0.2) is 16.7 Å². The maximum absolute atomic E-state index is 11.8. The fourth-order valence-corrected chi connectivity index (χ4v) is 1.91. The molecule has 0 N–H and O–H groups in total. The molecule has 0 unspecified atom stereocenters. The molecule has 84 valence electrons. The van der Waals surface area contributed by atoms with E-state index in [0.717, 1.165) is 5.56 Å². The zero-order chi connectivity index (χ0) is 11.7. The quantitative estimate of drug-likeness (QED) is 0.712. The van der Waals surface area contributed by atoms with Crippen molar-refractivity contribution in [3.8, 4) is 0 Å². The van der Waals surface area contributed by atoms with Gasteiger partial charge in [0.1, 0.15) is 0 Å². The topological polar surface area (TPSA) is 37.4 Å². The number of carbonyl (C=O) groups is 2. The molecule has 1 fully saturated rings. The van der Waals surface area contributed by atoms with Gasteiger partial charge in [-0.15, -0.1) is 0 Å². The number of amides is 2. The number of carbonyl (C=O) groups excluding carboxylic acids is 2. The fraction of sp³-hybridized carbons (Fsp3) is 0.385. The van der Waals surface area contributed by atoms with Gasteiger partial charge in [0.2, 0.25) is 11.8 Å². The molecule has 0 saturated carbocycles. The van der Waals surface area contributed by atoms with Gasteiger partial charge in [-0.1, -0.05) is 44.2 Å². The summed E-state index contributed by atoms with van der Waals surface area (Å²) in [7, 11) is 0. The Balaban J connectivity index is 2.20. The Kier molecular flexibility index (Phi) is 2.77. The number of likely N-dealkylation sites (tertiary alicyclic amines) is 1. The third-order valence-electron chi connectivity index (χ3n) is 2.86. The lowest BCUT2D eigenvalue weighted by atomic mass is 9.92. The van der Waals surface area contributed by atoms with Gasteiger partial charge in [-0.2, -0.15) is 0 Å². The van der Waals surface area contributed by atoms with Crippen molar-refractivity contribution in [1.82, 2.24) is 4.90 Å². The molecule has 0 radical (unpaired) electrons. The van der Waals surface area contributed by atoms with Gasteiger partial charge in [-0.25, -0.2) is 0 Å². The Morgan fingerprint density at radius 3 is 2.44 bits per heavy atom. The van der Waals surface area contributed by atoms with Gasteiger partial charge < -0.3 is 0 Å². The van der Waals surface area contributed by atoms with Crippen molar-refractivity contribution < 1.29 is 9.59 Å². The number of rotatable bonds is 2. The first-order chi connectivity index (χ1) is 7.61. The first-order valence-electron chi connectivity index (χ1n) is 5.52. The smallest absolute Gasteiger partial charge is 0.232 e. The second-order valence-corrected chi connectivity index (χ2v) is 4.39. The number of benzene rings is 1. The number of hydrogen-bond acceptors (Lipinski definition) is 2. The Hall–Kier alpha value is -1.64. The van der Waals surface area contributed by atoms with Crippen LogP contribution in [0.3, 0.4) is 0 Å². The molecule has 0 aromatic heterocycles. The monoisotopic (exact) mass is 217 g/mol. The SMILES string of the molecule is CC(C)C(=O)N1C(=O)C[C@@H]1c1ccccc1. The summed E-state index contributed by atoms with van der Waals surface area (Å²) in [5.41, 5.74) is 1.04. The Morgan fingerprint density at radius 1 is 1.31 bits per heavy atom. The fourth-order valence-electron chi connectivity index (χ4n) is 1.91. The lowest BCUT2D eigenvalue weighted by molar-refractivity contribution is -0.160. The van der Waals surface area contributed by atoms with Crippen molar-refractivity contribution >= 4 is 11.8 Å². The highest BCUT2D eigenvalue weighted by Crippen LogP contribution is 2.35. The van der Waals surface area contributed by atoms with E-state index in [1.807, 2.05) is 44.2 Å². The third kappa shape index (κ3) is 1.73. The van der Waals surface area contributed by atoms with Crippen LogP contribution in [0.15, 0.2) is 30.3 Å². The van der Waals surface area contributed by atoms with Crippen LogP contribution < -0.4 is 0 Å². The van der Waals surface area contributed by atoms with Crippen LogP contribution >= 0.6 is 0 Å². The molecule has 1 aliphatic heterocycles. The van der Waals surface area contributed by atoms with Crippen LogP contribution in [0.1, 0.15) is 31.9 Å². The van der Waals surface area contributed by atoms with E-state index in [0.29, 0.717) is 6.42 Å². The molecule has 1 aromatic carbocycles. The molecule has 1 aliphatic rings. The molecule has 16 heavy (non-hydrogen) atoms. The van der Waals surface area contributed by atoms with Gasteiger partial charge in [-0.3, -0.25) is 14.5 Å². The Morgan fingerprint density at radius 2 is 1.94 bits per heavy atom. The summed E-state index contributed by atoms with van der Waals surface area (Å²) >= 11 is 0. The summed E-state index contributed by atoms with van der Waals surface area (Å²) in [6.07, 6.45) is 0.447. The number of nitrogens with zero attached hydrogens (tertiary/aromatic N) is 1. The summed E-state index contributed by atoms with van der Waals surface area (Å²) in [5, 5.41) is 0. The first-order valence-corrected chi connectivity index (χ1v) is 5.52. The minimum atomic E-state index is -0.129. The van der Waals surface area contributed by atoms with Gasteiger partial charge in [0.05, 0.1) is 12.5 Å². The predicted molar refractivity (Wildman–Crippen MR) is 60.5 cm³/mol. The maximum Gasteiger partial charge on any atom is 0.232 e. The maximum atomic E-state index is 11.8. The highest BCUT2D eigenvalue weighted by atomic mass is 16.2. The molecule has 2 rings (SSSR count). The van der Waals surface area contributed by atoms with E-state index in [4.69, 9.17) is 0 Å². The molecule has 0 spiro atoms. The van der Waals surface area contributed by atoms with Crippen molar-refractivity contribution in [3.63, 3.8) is 0 Å². The van der Waals surface area contributed by atoms with Crippen LogP contribution in [0, 0.1) is 5.92 Å². The van der Waals surface area contributed by atoms with Crippen molar-refractivity contribution in [1.29, 1.82) is 0 Å². The lowest BCUT2D eigenvalue weighted by Crippen LogP contribution is -2.51. The zero-order valence-electron chi connectivity index (χ0n) is 9.51. The number of β-lactam (4-membered cyclic amide) rings is 1. The summed E-state index contributed by atoms with van der Waals surface area (Å²) < 4.78 is 0. The van der Waals surface area contributed by atoms with Gasteiger partial charge in [0.15, 0.2) is 0 Å². The zero-order valence-corrected chi connectivity index (χ0v) is 9.51. The van der Waals surface area contributed by atoms with Gasteiger partial charge in [0.25, 0.3) is 0 Å². The van der Waals surface area contributed by atoms with E-state index in [2.05, 4.69) is 0 Å². The van der Waals surface area contributed by atoms with E-state index < -0.39 is 0 Å². The Bertz CT molecular complexity index is 411. The molecule has 1 aromatic rings. The minimum absolute atomic E-state index is 0.0522. The number of imide groups is 1. The van der Waals surface area contributed by atoms with Gasteiger partial charge in [0, 0.05) is 5.92 Å². The molecule has 0 aliphatic carbocycles. The second-order valence-electron chi connectivity index (χ2n) is 4.39. The normalized spacial score (nSPS) is 19.8. The van der Waals surface area contributed by atoms with Crippen molar-refractivity contribution in [3.05, 3.63) is 35.9 Å².